The quantitative estimate of drug-likeness (QED) is 0.521. The normalized spacial score (nSPS) is 11.5. The molecular formula is C20H21N5O2. The fraction of sp³-hybridized carbons (Fsp3) is 0.250. The second kappa shape index (κ2) is 6.12. The lowest BCUT2D eigenvalue weighted by molar-refractivity contribution is 0.667. The van der Waals surface area contributed by atoms with E-state index in [1.54, 1.807) is 13.1 Å². The van der Waals surface area contributed by atoms with Gasteiger partial charge in [0.05, 0.1) is 6.54 Å². The number of fused-ring (bicyclic) bond motifs is 3. The summed E-state index contributed by atoms with van der Waals surface area (Å²) in [5, 5.41) is 0. The molecule has 4 rings (SSSR count). The van der Waals surface area contributed by atoms with Crippen LogP contribution in [0.3, 0.4) is 0 Å². The molecule has 7 nitrogen and oxygen atoms in total. The number of benzene rings is 1. The summed E-state index contributed by atoms with van der Waals surface area (Å²) in [4.78, 5) is 30.2. The number of rotatable bonds is 4. The number of allylic oxidation sites excluding steroid dienone is 1. The summed E-state index contributed by atoms with van der Waals surface area (Å²) in [6.07, 6.45) is 1.55. The highest BCUT2D eigenvalue weighted by atomic mass is 16.2. The number of hydrogen-bond donors (Lipinski definition) is 0. The van der Waals surface area contributed by atoms with Gasteiger partial charge in [-0.15, -0.1) is 6.58 Å². The van der Waals surface area contributed by atoms with Gasteiger partial charge in [0.15, 0.2) is 11.2 Å². The van der Waals surface area contributed by atoms with Crippen molar-refractivity contribution in [2.24, 2.45) is 7.05 Å². The van der Waals surface area contributed by atoms with Crippen molar-refractivity contribution in [3.05, 3.63) is 80.8 Å². The smallest absolute Gasteiger partial charge is 0.309 e. The fourth-order valence-corrected chi connectivity index (χ4v) is 3.56. The Labute approximate surface area is 155 Å². The molecule has 0 aliphatic carbocycles. The van der Waals surface area contributed by atoms with Crippen molar-refractivity contribution in [2.45, 2.75) is 26.9 Å². The van der Waals surface area contributed by atoms with E-state index < -0.39 is 5.69 Å². The van der Waals surface area contributed by atoms with Gasteiger partial charge in [-0.1, -0.05) is 36.4 Å². The van der Waals surface area contributed by atoms with Crippen molar-refractivity contribution < 1.29 is 0 Å². The lowest BCUT2D eigenvalue weighted by Crippen LogP contribution is -2.39. The van der Waals surface area contributed by atoms with Crippen molar-refractivity contribution in [3.8, 4) is 0 Å². The first kappa shape index (κ1) is 17.1. The highest BCUT2D eigenvalue weighted by molar-refractivity contribution is 5.76. The zero-order valence-corrected chi connectivity index (χ0v) is 15.6. The van der Waals surface area contributed by atoms with Crippen LogP contribution in [0.15, 0.2) is 52.6 Å². The van der Waals surface area contributed by atoms with Crippen LogP contribution in [0.2, 0.25) is 0 Å². The molecule has 3 aromatic heterocycles. The molecule has 138 valence electrons. The molecule has 4 aromatic rings. The maximum Gasteiger partial charge on any atom is 0.332 e. The highest BCUT2D eigenvalue weighted by Crippen LogP contribution is 2.21. The SMILES string of the molecule is C=CCn1c(=O)c2c(nc3n(Cc4ccccc4)c(C)c(C)n23)n(C)c1=O. The molecule has 1 aromatic carbocycles. The summed E-state index contributed by atoms with van der Waals surface area (Å²) in [6, 6.07) is 10.1. The molecule has 0 bridgehead atoms. The van der Waals surface area contributed by atoms with Gasteiger partial charge in [0.2, 0.25) is 5.78 Å². The first-order chi connectivity index (χ1) is 13.0. The van der Waals surface area contributed by atoms with Crippen molar-refractivity contribution in [1.82, 2.24) is 23.1 Å². The van der Waals surface area contributed by atoms with Crippen molar-refractivity contribution in [3.63, 3.8) is 0 Å². The van der Waals surface area contributed by atoms with E-state index >= 15 is 0 Å². The predicted molar refractivity (Wildman–Crippen MR) is 105 cm³/mol. The summed E-state index contributed by atoms with van der Waals surface area (Å²) in [6.45, 7) is 8.43. The Bertz CT molecular complexity index is 1300. The first-order valence-corrected chi connectivity index (χ1v) is 8.78. The summed E-state index contributed by atoms with van der Waals surface area (Å²) in [5.74, 6) is 0.660. The van der Waals surface area contributed by atoms with Gasteiger partial charge in [-0.25, -0.2) is 4.79 Å². The Morgan fingerprint density at radius 1 is 1.07 bits per heavy atom. The standard InChI is InChI=1S/C20H21N5O2/c1-5-11-23-18(26)16-17(22(4)20(23)27)21-19-24(13(2)14(3)25(16)19)12-15-9-7-6-8-10-15/h5-10H,1,11-12H2,2-4H3. The molecular weight excluding hydrogens is 342 g/mol. The Morgan fingerprint density at radius 3 is 2.44 bits per heavy atom. The second-order valence-corrected chi connectivity index (χ2v) is 6.71. The summed E-state index contributed by atoms with van der Waals surface area (Å²) < 4.78 is 6.54. The van der Waals surface area contributed by atoms with Gasteiger partial charge in [-0.2, -0.15) is 4.98 Å². The summed E-state index contributed by atoms with van der Waals surface area (Å²) in [7, 11) is 1.64. The topological polar surface area (TPSA) is 66.2 Å². The zero-order valence-electron chi connectivity index (χ0n) is 15.6. The van der Waals surface area contributed by atoms with Crippen molar-refractivity contribution in [2.75, 3.05) is 0 Å². The number of aromatic nitrogens is 5. The zero-order chi connectivity index (χ0) is 19.3. The van der Waals surface area contributed by atoms with E-state index in [2.05, 4.69) is 28.3 Å². The fourth-order valence-electron chi connectivity index (χ4n) is 3.56. The molecule has 0 fully saturated rings. The van der Waals surface area contributed by atoms with Crippen LogP contribution in [0.1, 0.15) is 17.0 Å². The van der Waals surface area contributed by atoms with E-state index in [1.807, 2.05) is 36.4 Å². The molecule has 0 atom stereocenters. The van der Waals surface area contributed by atoms with E-state index in [4.69, 9.17) is 0 Å². The van der Waals surface area contributed by atoms with Crippen LogP contribution < -0.4 is 11.2 Å². The average Bonchev–Trinajstić information content (AvgIpc) is 3.16. The van der Waals surface area contributed by atoms with Crippen LogP contribution in [0, 0.1) is 13.8 Å². The molecule has 0 saturated carbocycles. The van der Waals surface area contributed by atoms with E-state index in [0.717, 1.165) is 17.0 Å². The molecule has 0 aliphatic rings. The maximum atomic E-state index is 13.0. The van der Waals surface area contributed by atoms with Gasteiger partial charge in [0, 0.05) is 25.0 Å². The second-order valence-electron chi connectivity index (χ2n) is 6.71. The van der Waals surface area contributed by atoms with Crippen LogP contribution in [0.25, 0.3) is 16.9 Å². The molecule has 0 unspecified atom stereocenters. The first-order valence-electron chi connectivity index (χ1n) is 8.78. The van der Waals surface area contributed by atoms with Crippen LogP contribution in [0.5, 0.6) is 0 Å². The van der Waals surface area contributed by atoms with Crippen LogP contribution in [0.4, 0.5) is 0 Å². The molecule has 27 heavy (non-hydrogen) atoms. The lowest BCUT2D eigenvalue weighted by atomic mass is 10.2. The van der Waals surface area contributed by atoms with Gasteiger partial charge >= 0.3 is 5.69 Å². The van der Waals surface area contributed by atoms with E-state index in [1.165, 1.54) is 9.13 Å². The molecule has 0 spiro atoms. The summed E-state index contributed by atoms with van der Waals surface area (Å²) >= 11 is 0. The maximum absolute atomic E-state index is 13.0. The molecule has 0 aliphatic heterocycles. The van der Waals surface area contributed by atoms with E-state index in [9.17, 15) is 9.59 Å². The number of aryl methyl sites for hydroxylation is 2. The third kappa shape index (κ3) is 2.38. The minimum atomic E-state index is -0.392. The molecule has 7 heteroatoms. The Morgan fingerprint density at radius 2 is 1.78 bits per heavy atom. The Kier molecular flexibility index (Phi) is 3.87. The highest BCUT2D eigenvalue weighted by Gasteiger charge is 2.22. The Hall–Kier alpha value is -3.35. The largest absolute Gasteiger partial charge is 0.332 e. The van der Waals surface area contributed by atoms with E-state index in [-0.39, 0.29) is 12.1 Å². The average molecular weight is 363 g/mol. The molecule has 0 N–H and O–H groups in total. The van der Waals surface area contributed by atoms with Crippen LogP contribution >= 0.6 is 0 Å². The number of imidazole rings is 2. The number of hydrogen-bond acceptors (Lipinski definition) is 3. The van der Waals surface area contributed by atoms with Gasteiger partial charge in [-0.3, -0.25) is 18.3 Å². The summed E-state index contributed by atoms with van der Waals surface area (Å²) in [5.41, 5.74) is 3.18. The molecule has 0 saturated heterocycles. The Balaban J connectivity index is 2.09. The monoisotopic (exact) mass is 363 g/mol. The molecule has 3 heterocycles. The van der Waals surface area contributed by atoms with Crippen molar-refractivity contribution in [1.29, 1.82) is 0 Å². The minimum Gasteiger partial charge on any atom is -0.309 e. The molecule has 0 radical (unpaired) electrons. The predicted octanol–water partition coefficient (Wildman–Crippen LogP) is 2.00. The lowest BCUT2D eigenvalue weighted by Gasteiger charge is -2.07. The van der Waals surface area contributed by atoms with Crippen LogP contribution in [-0.2, 0) is 20.1 Å². The van der Waals surface area contributed by atoms with E-state index in [0.29, 0.717) is 23.5 Å². The molecule has 0 amide bonds. The van der Waals surface area contributed by atoms with Crippen molar-refractivity contribution >= 4 is 16.9 Å². The van der Waals surface area contributed by atoms with Gasteiger partial charge in [0.25, 0.3) is 5.56 Å². The van der Waals surface area contributed by atoms with Gasteiger partial charge in [-0.05, 0) is 19.4 Å². The van der Waals surface area contributed by atoms with Gasteiger partial charge in [0.1, 0.15) is 0 Å². The van der Waals surface area contributed by atoms with Crippen LogP contribution in [-0.4, -0.2) is 23.1 Å². The minimum absolute atomic E-state index is 0.164. The van der Waals surface area contributed by atoms with Gasteiger partial charge < -0.3 is 4.57 Å². The third-order valence-corrected chi connectivity index (χ3v) is 5.13. The number of nitrogens with zero attached hydrogens (tertiary/aromatic N) is 5. The third-order valence-electron chi connectivity index (χ3n) is 5.13.